The third-order valence-electron chi connectivity index (χ3n) is 4.83. The van der Waals surface area contributed by atoms with Crippen LogP contribution >= 0.6 is 0 Å². The molecule has 1 unspecified atom stereocenters. The lowest BCUT2D eigenvalue weighted by molar-refractivity contribution is -0.132. The number of likely N-dealkylation sites (tertiary alicyclic amines) is 1. The van der Waals surface area contributed by atoms with Gasteiger partial charge in [0.2, 0.25) is 5.91 Å². The monoisotopic (exact) mass is 282 g/mol. The SMILES string of the molecule is CN1CCC(N(C)CCN(C)C(=O)C2CCCN2)CC1. The second-order valence-corrected chi connectivity index (χ2v) is 6.42. The normalized spacial score (nSPS) is 25.3. The van der Waals surface area contributed by atoms with Gasteiger partial charge in [0, 0.05) is 26.2 Å². The number of nitrogens with zero attached hydrogens (tertiary/aromatic N) is 3. The van der Waals surface area contributed by atoms with E-state index in [1.807, 2.05) is 11.9 Å². The van der Waals surface area contributed by atoms with Crippen molar-refractivity contribution in [2.75, 3.05) is 53.9 Å². The number of hydrogen-bond acceptors (Lipinski definition) is 4. The lowest BCUT2D eigenvalue weighted by Gasteiger charge is -2.36. The van der Waals surface area contributed by atoms with Gasteiger partial charge in [0.1, 0.15) is 0 Å². The summed E-state index contributed by atoms with van der Waals surface area (Å²) in [5.74, 6) is 0.263. The Morgan fingerprint density at radius 1 is 1.20 bits per heavy atom. The highest BCUT2D eigenvalue weighted by atomic mass is 16.2. The van der Waals surface area contributed by atoms with E-state index in [4.69, 9.17) is 0 Å². The molecule has 2 fully saturated rings. The molecule has 0 radical (unpaired) electrons. The maximum atomic E-state index is 12.2. The molecule has 0 aliphatic carbocycles. The molecule has 20 heavy (non-hydrogen) atoms. The van der Waals surface area contributed by atoms with E-state index in [-0.39, 0.29) is 11.9 Å². The summed E-state index contributed by atoms with van der Waals surface area (Å²) in [6, 6.07) is 0.743. The number of piperidine rings is 1. The van der Waals surface area contributed by atoms with Crippen molar-refractivity contribution in [3.63, 3.8) is 0 Å². The predicted octanol–water partition coefficient (Wildman–Crippen LogP) is 0.223. The molecule has 5 heteroatoms. The van der Waals surface area contributed by atoms with Crippen LogP contribution in [0.5, 0.6) is 0 Å². The van der Waals surface area contributed by atoms with Crippen molar-refractivity contribution >= 4 is 5.91 Å². The van der Waals surface area contributed by atoms with Crippen LogP contribution in [-0.4, -0.2) is 86.6 Å². The number of likely N-dealkylation sites (N-methyl/N-ethyl adjacent to an activating group) is 2. The number of nitrogens with one attached hydrogen (secondary N) is 1. The summed E-state index contributed by atoms with van der Waals surface area (Å²) in [6.07, 6.45) is 4.61. The van der Waals surface area contributed by atoms with Crippen molar-refractivity contribution in [1.29, 1.82) is 0 Å². The third kappa shape index (κ3) is 4.17. The Balaban J connectivity index is 1.69. The molecule has 2 aliphatic heterocycles. The molecule has 0 saturated carbocycles. The molecule has 0 aromatic rings. The van der Waals surface area contributed by atoms with Gasteiger partial charge in [-0.15, -0.1) is 0 Å². The van der Waals surface area contributed by atoms with Gasteiger partial charge in [0.05, 0.1) is 6.04 Å². The second kappa shape index (κ2) is 7.38. The van der Waals surface area contributed by atoms with Crippen molar-refractivity contribution in [2.45, 2.75) is 37.8 Å². The van der Waals surface area contributed by atoms with Crippen molar-refractivity contribution in [2.24, 2.45) is 0 Å². The fourth-order valence-corrected chi connectivity index (χ4v) is 3.20. The van der Waals surface area contributed by atoms with Crippen molar-refractivity contribution < 1.29 is 4.79 Å². The minimum absolute atomic E-state index is 0.0636. The Kier molecular flexibility index (Phi) is 5.81. The van der Waals surface area contributed by atoms with Gasteiger partial charge in [-0.2, -0.15) is 0 Å². The lowest BCUT2D eigenvalue weighted by Crippen LogP contribution is -2.47. The quantitative estimate of drug-likeness (QED) is 0.783. The van der Waals surface area contributed by atoms with Crippen LogP contribution in [0.4, 0.5) is 0 Å². The Morgan fingerprint density at radius 3 is 2.50 bits per heavy atom. The minimum atomic E-state index is 0.0636. The average molecular weight is 282 g/mol. The molecule has 2 saturated heterocycles. The molecule has 5 nitrogen and oxygen atoms in total. The molecule has 2 rings (SSSR count). The smallest absolute Gasteiger partial charge is 0.239 e. The first-order chi connectivity index (χ1) is 9.58. The molecular formula is C15H30N4O. The summed E-state index contributed by atoms with van der Waals surface area (Å²) in [5, 5.41) is 3.28. The molecule has 1 N–H and O–H groups in total. The van der Waals surface area contributed by atoms with E-state index >= 15 is 0 Å². The molecule has 1 amide bonds. The maximum Gasteiger partial charge on any atom is 0.239 e. The molecule has 0 aromatic heterocycles. The van der Waals surface area contributed by atoms with E-state index in [2.05, 4.69) is 29.2 Å². The summed E-state index contributed by atoms with van der Waals surface area (Å²) >= 11 is 0. The van der Waals surface area contributed by atoms with Gasteiger partial charge in [0.15, 0.2) is 0 Å². The number of amides is 1. The molecule has 0 aromatic carbocycles. The number of carbonyl (C=O) groups excluding carboxylic acids is 1. The minimum Gasteiger partial charge on any atom is -0.343 e. The van der Waals surface area contributed by atoms with Crippen LogP contribution in [0.2, 0.25) is 0 Å². The molecule has 0 spiro atoms. The van der Waals surface area contributed by atoms with Gasteiger partial charge < -0.3 is 20.0 Å². The van der Waals surface area contributed by atoms with E-state index in [1.54, 1.807) is 0 Å². The standard InChI is InChI=1S/C15H30N4O/c1-17-9-6-13(7-10-17)18(2)11-12-19(3)15(20)14-5-4-8-16-14/h13-14,16H,4-12H2,1-3H3. The van der Waals surface area contributed by atoms with Gasteiger partial charge in [-0.05, 0) is 59.4 Å². The van der Waals surface area contributed by atoms with Crippen LogP contribution in [0, 0.1) is 0 Å². The molecular weight excluding hydrogens is 252 g/mol. The van der Waals surface area contributed by atoms with E-state index < -0.39 is 0 Å². The van der Waals surface area contributed by atoms with Crippen LogP contribution in [0.15, 0.2) is 0 Å². The zero-order valence-electron chi connectivity index (χ0n) is 13.3. The van der Waals surface area contributed by atoms with Crippen molar-refractivity contribution in [3.05, 3.63) is 0 Å². The zero-order valence-corrected chi connectivity index (χ0v) is 13.3. The highest BCUT2D eigenvalue weighted by Crippen LogP contribution is 2.14. The Hall–Kier alpha value is -0.650. The Labute approximate surface area is 123 Å². The molecule has 2 heterocycles. The van der Waals surface area contributed by atoms with Crippen LogP contribution in [0.3, 0.4) is 0 Å². The van der Waals surface area contributed by atoms with Crippen molar-refractivity contribution in [1.82, 2.24) is 20.0 Å². The van der Waals surface area contributed by atoms with E-state index in [1.165, 1.54) is 25.9 Å². The van der Waals surface area contributed by atoms with E-state index in [9.17, 15) is 4.79 Å². The first-order valence-electron chi connectivity index (χ1n) is 7.95. The first-order valence-corrected chi connectivity index (χ1v) is 7.95. The topological polar surface area (TPSA) is 38.8 Å². The molecule has 116 valence electrons. The van der Waals surface area contributed by atoms with Crippen LogP contribution in [0.1, 0.15) is 25.7 Å². The van der Waals surface area contributed by atoms with Crippen LogP contribution in [0.25, 0.3) is 0 Å². The Bertz CT molecular complexity index is 309. The van der Waals surface area contributed by atoms with Crippen LogP contribution < -0.4 is 5.32 Å². The van der Waals surface area contributed by atoms with Gasteiger partial charge in [-0.3, -0.25) is 4.79 Å². The largest absolute Gasteiger partial charge is 0.343 e. The zero-order chi connectivity index (χ0) is 14.5. The fourth-order valence-electron chi connectivity index (χ4n) is 3.20. The summed E-state index contributed by atoms with van der Waals surface area (Å²) < 4.78 is 0. The third-order valence-corrected chi connectivity index (χ3v) is 4.83. The van der Waals surface area contributed by atoms with Gasteiger partial charge in [-0.25, -0.2) is 0 Å². The summed E-state index contributed by atoms with van der Waals surface area (Å²) in [7, 11) is 6.32. The predicted molar refractivity (Wildman–Crippen MR) is 81.8 cm³/mol. The van der Waals surface area contributed by atoms with E-state index in [0.29, 0.717) is 6.04 Å². The molecule has 1 atom stereocenters. The number of carbonyl (C=O) groups is 1. The molecule has 0 bridgehead atoms. The maximum absolute atomic E-state index is 12.2. The summed E-state index contributed by atoms with van der Waals surface area (Å²) in [6.45, 7) is 5.18. The van der Waals surface area contributed by atoms with Gasteiger partial charge in [-0.1, -0.05) is 0 Å². The summed E-state index contributed by atoms with van der Waals surface area (Å²) in [4.78, 5) is 18.9. The highest BCUT2D eigenvalue weighted by molar-refractivity contribution is 5.81. The van der Waals surface area contributed by atoms with Crippen molar-refractivity contribution in [3.8, 4) is 0 Å². The van der Waals surface area contributed by atoms with Gasteiger partial charge in [0.25, 0.3) is 0 Å². The van der Waals surface area contributed by atoms with E-state index in [0.717, 1.165) is 32.5 Å². The second-order valence-electron chi connectivity index (χ2n) is 6.42. The fraction of sp³-hybridized carbons (Fsp3) is 0.933. The Morgan fingerprint density at radius 2 is 1.90 bits per heavy atom. The highest BCUT2D eigenvalue weighted by Gasteiger charge is 2.25. The summed E-state index contributed by atoms with van der Waals surface area (Å²) in [5.41, 5.74) is 0. The van der Waals surface area contributed by atoms with Crippen LogP contribution in [-0.2, 0) is 4.79 Å². The lowest BCUT2D eigenvalue weighted by atomic mass is 10.0. The number of rotatable bonds is 5. The first kappa shape index (κ1) is 15.7. The molecule has 2 aliphatic rings. The number of hydrogen-bond donors (Lipinski definition) is 1. The van der Waals surface area contributed by atoms with Gasteiger partial charge >= 0.3 is 0 Å². The average Bonchev–Trinajstić information content (AvgIpc) is 2.98.